The van der Waals surface area contributed by atoms with E-state index in [0.717, 1.165) is 16.6 Å². The number of hydrogen-bond donors (Lipinski definition) is 2. The highest BCUT2D eigenvalue weighted by atomic mass is 16.5. The summed E-state index contributed by atoms with van der Waals surface area (Å²) < 4.78 is 7.65. The van der Waals surface area contributed by atoms with Crippen LogP contribution in [0.25, 0.3) is 10.9 Å². The fourth-order valence-corrected chi connectivity index (χ4v) is 3.59. The molecule has 1 aromatic heterocycles. The Hall–Kier alpha value is -1.92. The fourth-order valence-electron chi connectivity index (χ4n) is 3.59. The summed E-state index contributed by atoms with van der Waals surface area (Å²) in [6.07, 6.45) is 2.39. The van der Waals surface area contributed by atoms with Gasteiger partial charge in [0.2, 0.25) is 5.91 Å². The summed E-state index contributed by atoms with van der Waals surface area (Å²) in [5, 5.41) is 8.45. The lowest BCUT2D eigenvalue weighted by atomic mass is 9.54. The van der Waals surface area contributed by atoms with Gasteiger partial charge in [0.05, 0.1) is 17.8 Å². The van der Waals surface area contributed by atoms with Crippen LogP contribution in [0.2, 0.25) is 0 Å². The van der Waals surface area contributed by atoms with Gasteiger partial charge < -0.3 is 15.8 Å². The van der Waals surface area contributed by atoms with Gasteiger partial charge in [0.15, 0.2) is 0 Å². The Balaban J connectivity index is 1.82. The molecule has 0 saturated heterocycles. The van der Waals surface area contributed by atoms with Crippen LogP contribution in [-0.2, 0) is 9.53 Å². The zero-order valence-corrected chi connectivity index (χ0v) is 15.7. The molecular weight excluding hydrogens is 316 g/mol. The number of rotatable bonds is 5. The molecule has 2 unspecified atom stereocenters. The number of amides is 1. The van der Waals surface area contributed by atoms with Crippen molar-refractivity contribution in [2.24, 2.45) is 11.1 Å². The van der Waals surface area contributed by atoms with Crippen molar-refractivity contribution in [3.8, 4) is 0 Å². The third-order valence-electron chi connectivity index (χ3n) is 5.58. The highest BCUT2D eigenvalue weighted by Gasteiger charge is 2.62. The molecule has 2 atom stereocenters. The summed E-state index contributed by atoms with van der Waals surface area (Å²) in [5.74, 6) is -0.164. The lowest BCUT2D eigenvalue weighted by Gasteiger charge is -2.57. The Morgan fingerprint density at radius 2 is 2.20 bits per heavy atom. The first kappa shape index (κ1) is 17.9. The maximum Gasteiger partial charge on any atom is 0.245 e. The van der Waals surface area contributed by atoms with Crippen LogP contribution < -0.4 is 11.1 Å². The molecule has 1 aliphatic rings. The van der Waals surface area contributed by atoms with Gasteiger partial charge in [-0.3, -0.25) is 9.48 Å². The van der Waals surface area contributed by atoms with E-state index in [-0.39, 0.29) is 18.1 Å². The Labute approximate surface area is 148 Å². The molecule has 1 aromatic carbocycles. The minimum atomic E-state index is -0.930. The smallest absolute Gasteiger partial charge is 0.245 e. The molecule has 1 heterocycles. The molecule has 6 heteroatoms. The van der Waals surface area contributed by atoms with E-state index in [4.69, 9.17) is 10.5 Å². The topological polar surface area (TPSA) is 82.2 Å². The summed E-state index contributed by atoms with van der Waals surface area (Å²) in [5.41, 5.74) is 6.85. The number of carbonyl (C=O) groups is 1. The second-order valence-electron chi connectivity index (χ2n) is 7.75. The van der Waals surface area contributed by atoms with E-state index in [1.165, 1.54) is 0 Å². The van der Waals surface area contributed by atoms with E-state index < -0.39 is 11.0 Å². The Morgan fingerprint density at radius 1 is 1.48 bits per heavy atom. The number of anilines is 1. The van der Waals surface area contributed by atoms with Crippen molar-refractivity contribution in [1.82, 2.24) is 9.78 Å². The molecule has 136 valence electrons. The summed E-state index contributed by atoms with van der Waals surface area (Å²) in [6, 6.07) is 6.06. The number of nitrogens with two attached hydrogens (primary N) is 1. The molecule has 1 saturated carbocycles. The van der Waals surface area contributed by atoms with Crippen LogP contribution in [0.4, 0.5) is 5.69 Å². The summed E-state index contributed by atoms with van der Waals surface area (Å²) in [4.78, 5) is 12.9. The van der Waals surface area contributed by atoms with E-state index in [1.807, 2.05) is 49.8 Å². The average molecular weight is 344 g/mol. The van der Waals surface area contributed by atoms with Crippen LogP contribution in [0.15, 0.2) is 24.4 Å². The minimum absolute atomic E-state index is 0.0121. The Morgan fingerprint density at radius 3 is 2.80 bits per heavy atom. The first-order valence-corrected chi connectivity index (χ1v) is 8.90. The molecular formula is C19H28N4O2. The van der Waals surface area contributed by atoms with E-state index in [2.05, 4.69) is 24.3 Å². The van der Waals surface area contributed by atoms with Gasteiger partial charge in [-0.05, 0) is 39.0 Å². The van der Waals surface area contributed by atoms with Crippen LogP contribution >= 0.6 is 0 Å². The van der Waals surface area contributed by atoms with Gasteiger partial charge in [0.25, 0.3) is 0 Å². The average Bonchev–Trinajstić information content (AvgIpc) is 2.97. The first-order valence-electron chi connectivity index (χ1n) is 8.90. The molecule has 25 heavy (non-hydrogen) atoms. The van der Waals surface area contributed by atoms with E-state index in [1.54, 1.807) is 0 Å². The van der Waals surface area contributed by atoms with Crippen LogP contribution in [0, 0.1) is 5.41 Å². The molecule has 1 aliphatic carbocycles. The van der Waals surface area contributed by atoms with Crippen LogP contribution in [-0.4, -0.2) is 33.9 Å². The largest absolute Gasteiger partial charge is 0.378 e. The zero-order chi connectivity index (χ0) is 18.4. The number of aromatic nitrogens is 2. The second-order valence-corrected chi connectivity index (χ2v) is 7.75. The second kappa shape index (κ2) is 6.11. The summed E-state index contributed by atoms with van der Waals surface area (Å²) >= 11 is 0. The van der Waals surface area contributed by atoms with Crippen molar-refractivity contribution in [1.29, 1.82) is 0 Å². The molecule has 1 amide bonds. The first-order chi connectivity index (χ1) is 11.7. The minimum Gasteiger partial charge on any atom is -0.378 e. The third kappa shape index (κ3) is 2.73. The number of fused-ring (bicyclic) bond motifs is 1. The van der Waals surface area contributed by atoms with Gasteiger partial charge in [0.1, 0.15) is 5.54 Å². The van der Waals surface area contributed by atoms with Gasteiger partial charge in [-0.15, -0.1) is 0 Å². The number of carbonyl (C=O) groups excluding carboxylic acids is 1. The number of benzene rings is 1. The molecule has 0 radical (unpaired) electrons. The van der Waals surface area contributed by atoms with Gasteiger partial charge in [-0.25, -0.2) is 0 Å². The molecule has 6 nitrogen and oxygen atoms in total. The monoisotopic (exact) mass is 344 g/mol. The highest BCUT2D eigenvalue weighted by Crippen LogP contribution is 2.50. The Kier molecular flexibility index (Phi) is 4.37. The third-order valence-corrected chi connectivity index (χ3v) is 5.58. The lowest BCUT2D eigenvalue weighted by molar-refractivity contribution is -0.166. The standard InChI is InChI=1S/C19H28N4O2/c1-6-25-16-10-19(20,18(16,4)5)17(24)22-14-8-7-13-11-21-23(12(2)3)15(13)9-14/h7-9,11-12,16H,6,10,20H2,1-5H3,(H,22,24). The van der Waals surface area contributed by atoms with Gasteiger partial charge in [-0.2, -0.15) is 5.10 Å². The number of hydrogen-bond acceptors (Lipinski definition) is 4. The SMILES string of the molecule is CCOC1CC(N)(C(=O)Nc2ccc3cnn(C(C)C)c3c2)C1(C)C. The lowest BCUT2D eigenvalue weighted by Crippen LogP contribution is -2.74. The summed E-state index contributed by atoms with van der Waals surface area (Å²) in [7, 11) is 0. The molecule has 1 fully saturated rings. The fraction of sp³-hybridized carbons (Fsp3) is 0.579. The van der Waals surface area contributed by atoms with Crippen molar-refractivity contribution >= 4 is 22.5 Å². The van der Waals surface area contributed by atoms with Crippen molar-refractivity contribution in [2.45, 2.75) is 58.7 Å². The summed E-state index contributed by atoms with van der Waals surface area (Å²) in [6.45, 7) is 10.7. The van der Waals surface area contributed by atoms with Crippen molar-refractivity contribution < 1.29 is 9.53 Å². The van der Waals surface area contributed by atoms with E-state index >= 15 is 0 Å². The Bertz CT molecular complexity index is 796. The zero-order valence-electron chi connectivity index (χ0n) is 15.7. The maximum atomic E-state index is 12.9. The van der Waals surface area contributed by atoms with Gasteiger partial charge >= 0.3 is 0 Å². The molecule has 0 bridgehead atoms. The van der Waals surface area contributed by atoms with Gasteiger partial charge in [-0.1, -0.05) is 13.8 Å². The number of nitrogens with one attached hydrogen (secondary N) is 1. The van der Waals surface area contributed by atoms with Crippen LogP contribution in [0.5, 0.6) is 0 Å². The molecule has 0 aliphatic heterocycles. The van der Waals surface area contributed by atoms with E-state index in [9.17, 15) is 4.79 Å². The predicted octanol–water partition coefficient (Wildman–Crippen LogP) is 3.09. The maximum absolute atomic E-state index is 12.9. The molecule has 3 N–H and O–H groups in total. The van der Waals surface area contributed by atoms with Crippen LogP contribution in [0.1, 0.15) is 47.1 Å². The van der Waals surface area contributed by atoms with Gasteiger partial charge in [0, 0.05) is 35.6 Å². The normalized spacial score (nSPS) is 25.2. The number of ether oxygens (including phenoxy) is 1. The quantitative estimate of drug-likeness (QED) is 0.873. The van der Waals surface area contributed by atoms with Crippen LogP contribution in [0.3, 0.4) is 0 Å². The molecule has 0 spiro atoms. The number of nitrogens with zero attached hydrogens (tertiary/aromatic N) is 2. The predicted molar refractivity (Wildman–Crippen MR) is 99.5 cm³/mol. The highest BCUT2D eigenvalue weighted by molar-refractivity contribution is 6.01. The molecule has 3 rings (SSSR count). The van der Waals surface area contributed by atoms with E-state index in [0.29, 0.717) is 13.0 Å². The molecule has 2 aromatic rings. The van der Waals surface area contributed by atoms with Crippen molar-refractivity contribution in [3.05, 3.63) is 24.4 Å². The van der Waals surface area contributed by atoms with Crippen molar-refractivity contribution in [2.75, 3.05) is 11.9 Å². The van der Waals surface area contributed by atoms with Crippen molar-refractivity contribution in [3.63, 3.8) is 0 Å².